The van der Waals surface area contributed by atoms with Crippen LogP contribution in [-0.4, -0.2) is 24.9 Å². The van der Waals surface area contributed by atoms with Crippen molar-refractivity contribution in [1.82, 2.24) is 0 Å². The van der Waals surface area contributed by atoms with Gasteiger partial charge in [0.15, 0.2) is 0 Å². The van der Waals surface area contributed by atoms with Crippen LogP contribution < -0.4 is 10.2 Å². The molecule has 0 saturated carbocycles. The van der Waals surface area contributed by atoms with Crippen molar-refractivity contribution < 1.29 is 14.0 Å². The molecule has 2 rings (SSSR count). The van der Waals surface area contributed by atoms with Crippen molar-refractivity contribution in [3.8, 4) is 5.75 Å². The summed E-state index contributed by atoms with van der Waals surface area (Å²) in [5.74, 6) is 0.816. The van der Waals surface area contributed by atoms with E-state index in [1.54, 1.807) is 0 Å². The molecule has 0 unspecified atom stereocenters. The van der Waals surface area contributed by atoms with Crippen LogP contribution in [0.5, 0.6) is 5.75 Å². The second-order valence-electron chi connectivity index (χ2n) is 6.55. The highest BCUT2D eigenvalue weighted by Gasteiger charge is 2.51. The van der Waals surface area contributed by atoms with Crippen molar-refractivity contribution >= 4 is 12.6 Å². The van der Waals surface area contributed by atoms with Crippen LogP contribution in [0.2, 0.25) is 0 Å². The van der Waals surface area contributed by atoms with Gasteiger partial charge in [-0.05, 0) is 57.3 Å². The van der Waals surface area contributed by atoms with Gasteiger partial charge in [-0.15, -0.1) is 0 Å². The Kier molecular flexibility index (Phi) is 4.50. The summed E-state index contributed by atoms with van der Waals surface area (Å²) in [6.45, 7) is 14.8. The molecule has 1 aliphatic heterocycles. The molecule has 0 aliphatic carbocycles. The van der Waals surface area contributed by atoms with Gasteiger partial charge < -0.3 is 14.0 Å². The van der Waals surface area contributed by atoms with Crippen LogP contribution in [0.15, 0.2) is 36.4 Å². The Labute approximate surface area is 128 Å². The van der Waals surface area contributed by atoms with E-state index < -0.39 is 0 Å². The molecule has 0 amide bonds. The molecular weight excluding hydrogens is 263 g/mol. The van der Waals surface area contributed by atoms with Gasteiger partial charge in [-0.3, -0.25) is 0 Å². The van der Waals surface area contributed by atoms with Crippen LogP contribution in [0.4, 0.5) is 0 Å². The van der Waals surface area contributed by atoms with Crippen LogP contribution >= 0.6 is 0 Å². The summed E-state index contributed by atoms with van der Waals surface area (Å²) in [4.78, 5) is 0. The third kappa shape index (κ3) is 3.50. The van der Waals surface area contributed by atoms with Gasteiger partial charge in [-0.2, -0.15) is 0 Å². The van der Waals surface area contributed by atoms with Gasteiger partial charge >= 0.3 is 7.12 Å². The Balaban J connectivity index is 2.10. The lowest BCUT2D eigenvalue weighted by atomic mass is 9.79. The molecule has 1 saturated heterocycles. The first kappa shape index (κ1) is 16.1. The van der Waals surface area contributed by atoms with E-state index in [0.717, 1.165) is 23.2 Å². The second-order valence-corrected chi connectivity index (χ2v) is 6.55. The maximum absolute atomic E-state index is 6.06. The Morgan fingerprint density at radius 3 is 2.38 bits per heavy atom. The van der Waals surface area contributed by atoms with E-state index in [0.29, 0.717) is 6.61 Å². The fraction of sp³-hybridized carbons (Fsp3) is 0.529. The first-order valence-electron chi connectivity index (χ1n) is 7.50. The molecule has 3 nitrogen and oxygen atoms in total. The quantitative estimate of drug-likeness (QED) is 0.614. The molecule has 0 N–H and O–H groups in total. The van der Waals surface area contributed by atoms with E-state index in [-0.39, 0.29) is 18.3 Å². The van der Waals surface area contributed by atoms with Crippen LogP contribution in [0.25, 0.3) is 0 Å². The molecule has 21 heavy (non-hydrogen) atoms. The minimum Gasteiger partial charge on any atom is -0.489 e. The highest BCUT2D eigenvalue weighted by atomic mass is 16.7. The molecule has 0 aromatic heterocycles. The van der Waals surface area contributed by atoms with Crippen LogP contribution in [-0.2, 0) is 9.31 Å². The maximum atomic E-state index is 6.06. The number of hydrogen-bond acceptors (Lipinski definition) is 3. The molecule has 1 aromatic rings. The van der Waals surface area contributed by atoms with E-state index in [1.807, 2.05) is 24.3 Å². The number of ether oxygens (including phenoxy) is 1. The molecule has 0 atom stereocenters. The Hall–Kier alpha value is -1.26. The zero-order valence-corrected chi connectivity index (χ0v) is 13.7. The lowest BCUT2D eigenvalue weighted by molar-refractivity contribution is 0.00578. The number of rotatable bonds is 5. The number of hydrogen-bond donors (Lipinski definition) is 0. The van der Waals surface area contributed by atoms with Crippen molar-refractivity contribution in [3.05, 3.63) is 36.4 Å². The third-order valence-corrected chi connectivity index (χ3v) is 4.33. The first-order valence-corrected chi connectivity index (χ1v) is 7.50. The zero-order chi connectivity index (χ0) is 15.7. The van der Waals surface area contributed by atoms with Gasteiger partial charge in [-0.25, -0.2) is 0 Å². The number of benzene rings is 1. The smallest absolute Gasteiger partial charge is 0.489 e. The lowest BCUT2D eigenvalue weighted by Crippen LogP contribution is -2.41. The largest absolute Gasteiger partial charge is 0.494 e. The summed E-state index contributed by atoms with van der Waals surface area (Å²) in [5.41, 5.74) is 1.40. The minimum atomic E-state index is -0.354. The highest BCUT2D eigenvalue weighted by Crippen LogP contribution is 2.36. The lowest BCUT2D eigenvalue weighted by Gasteiger charge is -2.32. The monoisotopic (exact) mass is 288 g/mol. The maximum Gasteiger partial charge on any atom is 0.494 e. The van der Waals surface area contributed by atoms with Crippen LogP contribution in [0, 0.1) is 0 Å². The second kappa shape index (κ2) is 5.86. The summed E-state index contributed by atoms with van der Waals surface area (Å²) >= 11 is 0. The van der Waals surface area contributed by atoms with E-state index in [2.05, 4.69) is 41.2 Å². The summed E-state index contributed by atoms with van der Waals surface area (Å²) in [7, 11) is -0.354. The average Bonchev–Trinajstić information content (AvgIpc) is 2.65. The summed E-state index contributed by atoms with van der Waals surface area (Å²) < 4.78 is 17.9. The minimum absolute atomic E-state index is 0.328. The van der Waals surface area contributed by atoms with E-state index in [4.69, 9.17) is 14.0 Å². The van der Waals surface area contributed by atoms with Crippen molar-refractivity contribution in [2.45, 2.75) is 52.2 Å². The van der Waals surface area contributed by atoms with E-state index >= 15 is 0 Å². The van der Waals surface area contributed by atoms with E-state index in [1.165, 1.54) is 0 Å². The van der Waals surface area contributed by atoms with Gasteiger partial charge in [0.25, 0.3) is 0 Å². The predicted octanol–water partition coefficient (Wildman–Crippen LogP) is 3.33. The first-order chi connectivity index (χ1) is 9.75. The van der Waals surface area contributed by atoms with Crippen molar-refractivity contribution in [3.63, 3.8) is 0 Å². The predicted molar refractivity (Wildman–Crippen MR) is 87.1 cm³/mol. The molecule has 0 spiro atoms. The van der Waals surface area contributed by atoms with E-state index in [9.17, 15) is 0 Å². The average molecular weight is 288 g/mol. The van der Waals surface area contributed by atoms with Gasteiger partial charge in [0.1, 0.15) is 12.4 Å². The molecular formula is C17H25BO3. The van der Waals surface area contributed by atoms with Crippen molar-refractivity contribution in [2.24, 2.45) is 0 Å². The summed E-state index contributed by atoms with van der Waals surface area (Å²) in [6.07, 6.45) is 0.927. The fourth-order valence-electron chi connectivity index (χ4n) is 2.02. The molecule has 1 heterocycles. The van der Waals surface area contributed by atoms with Crippen LogP contribution in [0.3, 0.4) is 0 Å². The standard InChI is InChI=1S/C17H25BO3/c1-7-13(2)12-19-15-10-8-9-14(11-15)18-20-16(3,4)17(5,6)21-18/h8-11H,2,7,12H2,1,3-6H3. The molecule has 0 radical (unpaired) electrons. The summed E-state index contributed by atoms with van der Waals surface area (Å²) in [6, 6.07) is 7.89. The zero-order valence-electron chi connectivity index (χ0n) is 13.7. The topological polar surface area (TPSA) is 27.7 Å². The molecule has 1 fully saturated rings. The van der Waals surface area contributed by atoms with Gasteiger partial charge in [0.05, 0.1) is 11.2 Å². The van der Waals surface area contributed by atoms with Crippen molar-refractivity contribution in [1.29, 1.82) is 0 Å². The fourth-order valence-corrected chi connectivity index (χ4v) is 2.02. The molecule has 4 heteroatoms. The molecule has 1 aromatic carbocycles. The summed E-state index contributed by atoms with van der Waals surface area (Å²) in [5, 5.41) is 0. The SMILES string of the molecule is C=C(CC)COc1cccc(B2OC(C)(C)C(C)(C)O2)c1. The van der Waals surface area contributed by atoms with Gasteiger partial charge in [0, 0.05) is 0 Å². The highest BCUT2D eigenvalue weighted by molar-refractivity contribution is 6.62. The van der Waals surface area contributed by atoms with Crippen LogP contribution in [0.1, 0.15) is 41.0 Å². The molecule has 0 bridgehead atoms. The third-order valence-electron chi connectivity index (χ3n) is 4.33. The Morgan fingerprint density at radius 2 is 1.81 bits per heavy atom. The Bertz CT molecular complexity index is 507. The molecule has 1 aliphatic rings. The van der Waals surface area contributed by atoms with Gasteiger partial charge in [-0.1, -0.05) is 25.6 Å². The molecule has 114 valence electrons. The Morgan fingerprint density at radius 1 is 1.19 bits per heavy atom. The van der Waals surface area contributed by atoms with Crippen molar-refractivity contribution in [2.75, 3.05) is 6.61 Å². The normalized spacial score (nSPS) is 19.6. The van der Waals surface area contributed by atoms with Gasteiger partial charge in [0.2, 0.25) is 0 Å².